The highest BCUT2D eigenvalue weighted by Gasteiger charge is 2.16. The first kappa shape index (κ1) is 14.7. The van der Waals surface area contributed by atoms with E-state index in [0.717, 1.165) is 11.4 Å². The third-order valence-electron chi connectivity index (χ3n) is 2.98. The van der Waals surface area contributed by atoms with Crippen LogP contribution in [0.3, 0.4) is 0 Å². The summed E-state index contributed by atoms with van der Waals surface area (Å²) in [4.78, 5) is 1.54. The Hall–Kier alpha value is -1.73. The Morgan fingerprint density at radius 2 is 2.00 bits per heavy atom. The lowest BCUT2D eigenvalue weighted by Crippen LogP contribution is -2.20. The molecule has 0 saturated heterocycles. The van der Waals surface area contributed by atoms with Gasteiger partial charge in [0.1, 0.15) is 15.5 Å². The maximum atomic E-state index is 11.2. The smallest absolute Gasteiger partial charge is 0.147 e. The van der Waals surface area contributed by atoms with Crippen molar-refractivity contribution in [1.82, 2.24) is 20.3 Å². The number of hydrogen-bond acceptors (Lipinski definition) is 5. The molecule has 7 heteroatoms. The maximum Gasteiger partial charge on any atom is 0.147 e. The van der Waals surface area contributed by atoms with Crippen LogP contribution in [0.1, 0.15) is 18.2 Å². The molecule has 0 aliphatic heterocycles. The van der Waals surface area contributed by atoms with E-state index in [-0.39, 0.29) is 11.8 Å². The number of nitrogens with zero attached hydrogens (tertiary/aromatic N) is 3. The Balaban J connectivity index is 2.14. The minimum atomic E-state index is -2.98. The van der Waals surface area contributed by atoms with E-state index in [0.29, 0.717) is 6.42 Å². The maximum absolute atomic E-state index is 11.2. The number of aromatic nitrogens is 3. The zero-order valence-electron chi connectivity index (χ0n) is 11.5. The van der Waals surface area contributed by atoms with Gasteiger partial charge in [0.05, 0.1) is 23.7 Å². The quantitative estimate of drug-likeness (QED) is 0.859. The zero-order valence-corrected chi connectivity index (χ0v) is 12.3. The highest BCUT2D eigenvalue weighted by molar-refractivity contribution is 7.90. The second kappa shape index (κ2) is 6.15. The Morgan fingerprint density at radius 1 is 1.30 bits per heavy atom. The van der Waals surface area contributed by atoms with Crippen LogP contribution in [0.4, 0.5) is 0 Å². The number of para-hydroxylation sites is 1. The highest BCUT2D eigenvalue weighted by atomic mass is 32.2. The van der Waals surface area contributed by atoms with Gasteiger partial charge in [0, 0.05) is 6.26 Å². The van der Waals surface area contributed by atoms with Crippen molar-refractivity contribution in [3.05, 3.63) is 42.2 Å². The van der Waals surface area contributed by atoms with Crippen molar-refractivity contribution in [2.75, 3.05) is 19.1 Å². The summed E-state index contributed by atoms with van der Waals surface area (Å²) in [6.07, 6.45) is 3.37. The minimum Gasteiger partial charge on any atom is -0.312 e. The largest absolute Gasteiger partial charge is 0.312 e. The van der Waals surface area contributed by atoms with Crippen LogP contribution in [-0.2, 0) is 9.84 Å². The molecule has 1 unspecified atom stereocenters. The molecular formula is C13H18N4O2S. The second-order valence-corrected chi connectivity index (χ2v) is 6.91. The topological polar surface area (TPSA) is 76.9 Å². The van der Waals surface area contributed by atoms with Crippen LogP contribution < -0.4 is 5.32 Å². The Labute approximate surface area is 118 Å². The molecule has 0 radical (unpaired) electrons. The Bertz CT molecular complexity index is 652. The van der Waals surface area contributed by atoms with Crippen LogP contribution >= 0.6 is 0 Å². The fourth-order valence-corrected chi connectivity index (χ4v) is 2.56. The molecule has 2 aromatic rings. The van der Waals surface area contributed by atoms with Crippen LogP contribution in [0.2, 0.25) is 0 Å². The van der Waals surface area contributed by atoms with Crippen molar-refractivity contribution in [2.24, 2.45) is 0 Å². The number of sulfone groups is 1. The SMILES string of the molecule is CNC(CCS(C)(=O)=O)c1cnn(-c2ccccc2)n1. The Kier molecular flexibility index (Phi) is 4.51. The molecule has 2 rings (SSSR count). The molecule has 108 valence electrons. The van der Waals surface area contributed by atoms with Crippen molar-refractivity contribution >= 4 is 9.84 Å². The lowest BCUT2D eigenvalue weighted by Gasteiger charge is -2.12. The van der Waals surface area contributed by atoms with Gasteiger partial charge in [-0.3, -0.25) is 0 Å². The van der Waals surface area contributed by atoms with Crippen molar-refractivity contribution < 1.29 is 8.42 Å². The van der Waals surface area contributed by atoms with Crippen molar-refractivity contribution in [1.29, 1.82) is 0 Å². The van der Waals surface area contributed by atoms with Gasteiger partial charge in [-0.15, -0.1) is 0 Å². The number of rotatable bonds is 6. The summed E-state index contributed by atoms with van der Waals surface area (Å²) in [5.74, 6) is 0.122. The number of benzene rings is 1. The van der Waals surface area contributed by atoms with E-state index in [9.17, 15) is 8.42 Å². The molecule has 1 atom stereocenters. The van der Waals surface area contributed by atoms with E-state index in [1.54, 1.807) is 18.0 Å². The molecule has 6 nitrogen and oxygen atoms in total. The van der Waals surface area contributed by atoms with Crippen LogP contribution in [0.15, 0.2) is 36.5 Å². The Morgan fingerprint density at radius 3 is 2.60 bits per heavy atom. The predicted molar refractivity (Wildman–Crippen MR) is 77.5 cm³/mol. The van der Waals surface area contributed by atoms with Crippen molar-refractivity contribution in [3.63, 3.8) is 0 Å². The van der Waals surface area contributed by atoms with Gasteiger partial charge in [0.25, 0.3) is 0 Å². The normalized spacial score (nSPS) is 13.3. The molecule has 1 heterocycles. The molecule has 1 N–H and O–H groups in total. The molecule has 0 spiro atoms. The summed E-state index contributed by atoms with van der Waals surface area (Å²) in [7, 11) is -1.19. The van der Waals surface area contributed by atoms with Crippen LogP contribution in [-0.4, -0.2) is 42.5 Å². The molecule has 1 aromatic carbocycles. The zero-order chi connectivity index (χ0) is 14.6. The average Bonchev–Trinajstić information content (AvgIpc) is 2.89. The molecular weight excluding hydrogens is 276 g/mol. The van der Waals surface area contributed by atoms with Crippen molar-refractivity contribution in [3.8, 4) is 5.69 Å². The predicted octanol–water partition coefficient (Wildman–Crippen LogP) is 0.962. The fraction of sp³-hybridized carbons (Fsp3) is 0.385. The summed E-state index contributed by atoms with van der Waals surface area (Å²) in [5, 5.41) is 11.7. The standard InChI is InChI=1S/C13H18N4O2S/c1-14-12(8-9-20(2,18)19)13-10-15-17(16-13)11-6-4-3-5-7-11/h3-7,10,12,14H,8-9H2,1-2H3. The minimum absolute atomic E-state index is 0.122. The van der Waals surface area contributed by atoms with E-state index in [1.807, 2.05) is 30.3 Å². The summed E-state index contributed by atoms with van der Waals surface area (Å²) in [5.41, 5.74) is 1.61. The van der Waals surface area contributed by atoms with E-state index in [4.69, 9.17) is 0 Å². The van der Waals surface area contributed by atoms with Gasteiger partial charge in [0.15, 0.2) is 0 Å². The number of hydrogen-bond donors (Lipinski definition) is 1. The first-order valence-corrected chi connectivity index (χ1v) is 8.38. The van der Waals surface area contributed by atoms with E-state index < -0.39 is 9.84 Å². The van der Waals surface area contributed by atoms with Crippen LogP contribution in [0.25, 0.3) is 5.69 Å². The molecule has 0 amide bonds. The van der Waals surface area contributed by atoms with Gasteiger partial charge < -0.3 is 5.32 Å². The lowest BCUT2D eigenvalue weighted by atomic mass is 10.2. The van der Waals surface area contributed by atoms with E-state index in [1.165, 1.54) is 6.26 Å². The summed E-state index contributed by atoms with van der Waals surface area (Å²) in [6, 6.07) is 9.46. The van der Waals surface area contributed by atoms with Gasteiger partial charge in [0.2, 0.25) is 0 Å². The van der Waals surface area contributed by atoms with E-state index >= 15 is 0 Å². The van der Waals surface area contributed by atoms with E-state index in [2.05, 4.69) is 15.5 Å². The van der Waals surface area contributed by atoms with Gasteiger partial charge in [-0.05, 0) is 25.6 Å². The fourth-order valence-electron chi connectivity index (χ4n) is 1.89. The van der Waals surface area contributed by atoms with Crippen LogP contribution in [0, 0.1) is 0 Å². The monoisotopic (exact) mass is 294 g/mol. The molecule has 0 fully saturated rings. The third kappa shape index (κ3) is 3.88. The second-order valence-electron chi connectivity index (χ2n) is 4.65. The molecule has 0 bridgehead atoms. The number of nitrogens with one attached hydrogen (secondary N) is 1. The summed E-state index contributed by atoms with van der Waals surface area (Å²) in [6.45, 7) is 0. The third-order valence-corrected chi connectivity index (χ3v) is 3.96. The highest BCUT2D eigenvalue weighted by Crippen LogP contribution is 2.15. The first-order chi connectivity index (χ1) is 9.49. The summed E-state index contributed by atoms with van der Waals surface area (Å²) >= 11 is 0. The molecule has 0 aliphatic rings. The van der Waals surface area contributed by atoms with Gasteiger partial charge in [-0.25, -0.2) is 8.42 Å². The molecule has 0 aliphatic carbocycles. The first-order valence-electron chi connectivity index (χ1n) is 6.32. The van der Waals surface area contributed by atoms with Gasteiger partial charge >= 0.3 is 0 Å². The molecule has 0 saturated carbocycles. The van der Waals surface area contributed by atoms with Crippen molar-refractivity contribution in [2.45, 2.75) is 12.5 Å². The van der Waals surface area contributed by atoms with Gasteiger partial charge in [-0.2, -0.15) is 15.0 Å². The van der Waals surface area contributed by atoms with Crippen LogP contribution in [0.5, 0.6) is 0 Å². The lowest BCUT2D eigenvalue weighted by molar-refractivity contribution is 0.543. The summed E-state index contributed by atoms with van der Waals surface area (Å²) < 4.78 is 22.5. The molecule has 1 aromatic heterocycles. The average molecular weight is 294 g/mol. The molecule has 20 heavy (non-hydrogen) atoms. The van der Waals surface area contributed by atoms with Gasteiger partial charge in [-0.1, -0.05) is 18.2 Å².